The second-order valence-electron chi connectivity index (χ2n) is 6.61. The van der Waals surface area contributed by atoms with Crippen molar-refractivity contribution in [2.45, 2.75) is 17.5 Å². The van der Waals surface area contributed by atoms with Crippen LogP contribution >= 0.6 is 0 Å². The molecule has 3 N–H and O–H groups in total. The quantitative estimate of drug-likeness (QED) is 0.576. The van der Waals surface area contributed by atoms with Gasteiger partial charge in [-0.1, -0.05) is 18.2 Å². The molecule has 0 unspecified atom stereocenters. The predicted octanol–water partition coefficient (Wildman–Crippen LogP) is 3.07. The van der Waals surface area contributed by atoms with Gasteiger partial charge in [0.2, 0.25) is 15.9 Å². The molecule has 1 amide bonds. The highest BCUT2D eigenvalue weighted by molar-refractivity contribution is 7.89. The molecule has 12 heteroatoms. The van der Waals surface area contributed by atoms with Crippen LogP contribution in [-0.4, -0.2) is 24.1 Å². The summed E-state index contributed by atoms with van der Waals surface area (Å²) in [5, 5.41) is 11.0. The number of rotatable bonds is 5. The number of benzene rings is 2. The minimum atomic E-state index is -4.72. The van der Waals surface area contributed by atoms with Gasteiger partial charge >= 0.3 is 6.18 Å². The first-order valence-corrected chi connectivity index (χ1v) is 10.2. The first kappa shape index (κ1) is 22.4. The van der Waals surface area contributed by atoms with Gasteiger partial charge in [0, 0.05) is 18.3 Å². The van der Waals surface area contributed by atoms with Crippen LogP contribution in [0.25, 0.3) is 11.3 Å². The summed E-state index contributed by atoms with van der Waals surface area (Å²) >= 11 is 0. The van der Waals surface area contributed by atoms with E-state index in [4.69, 9.17) is 5.14 Å². The molecule has 0 fully saturated rings. The second kappa shape index (κ2) is 8.12. The third-order valence-electron chi connectivity index (χ3n) is 4.33. The summed E-state index contributed by atoms with van der Waals surface area (Å²) in [6.45, 7) is 0. The van der Waals surface area contributed by atoms with E-state index in [-0.39, 0.29) is 28.9 Å². The Kier molecular flexibility index (Phi) is 5.87. The Balaban J connectivity index is 1.96. The minimum Gasteiger partial charge on any atom is -0.326 e. The fourth-order valence-electron chi connectivity index (χ4n) is 2.92. The molecule has 7 nitrogen and oxygen atoms in total. The Morgan fingerprint density at radius 2 is 1.84 bits per heavy atom. The lowest BCUT2D eigenvalue weighted by molar-refractivity contribution is -0.141. The van der Waals surface area contributed by atoms with Crippen molar-refractivity contribution in [2.24, 2.45) is 12.2 Å². The molecule has 31 heavy (non-hydrogen) atoms. The number of carbonyl (C=O) groups is 1. The number of aromatic nitrogens is 2. The Bertz CT molecular complexity index is 1250. The number of hydrogen-bond donors (Lipinski definition) is 2. The lowest BCUT2D eigenvalue weighted by Crippen LogP contribution is -2.17. The minimum absolute atomic E-state index is 0.0207. The molecule has 0 aliphatic rings. The topological polar surface area (TPSA) is 107 Å². The van der Waals surface area contributed by atoms with Crippen LogP contribution in [0, 0.1) is 5.82 Å². The maximum Gasteiger partial charge on any atom is 0.435 e. The summed E-state index contributed by atoms with van der Waals surface area (Å²) in [4.78, 5) is 11.7. The van der Waals surface area contributed by atoms with Crippen molar-refractivity contribution in [3.8, 4) is 11.3 Å². The average Bonchev–Trinajstić information content (AvgIpc) is 3.05. The Hall–Kier alpha value is -3.25. The van der Waals surface area contributed by atoms with Gasteiger partial charge in [-0.15, -0.1) is 0 Å². The van der Waals surface area contributed by atoms with E-state index in [0.717, 1.165) is 10.7 Å². The zero-order valence-corrected chi connectivity index (χ0v) is 16.8. The number of amides is 1. The molecular weight excluding hydrogens is 440 g/mol. The molecule has 0 saturated heterocycles. The maximum absolute atomic E-state index is 13.7. The van der Waals surface area contributed by atoms with Crippen LogP contribution in [0.2, 0.25) is 0 Å². The molecule has 0 atom stereocenters. The Labute approximate surface area is 174 Å². The van der Waals surface area contributed by atoms with Crippen molar-refractivity contribution in [3.63, 3.8) is 0 Å². The van der Waals surface area contributed by atoms with Crippen molar-refractivity contribution in [3.05, 3.63) is 65.6 Å². The van der Waals surface area contributed by atoms with Crippen LogP contribution in [0.15, 0.2) is 53.4 Å². The first-order valence-electron chi connectivity index (χ1n) is 8.68. The Morgan fingerprint density at radius 1 is 1.16 bits per heavy atom. The van der Waals surface area contributed by atoms with Crippen molar-refractivity contribution in [2.75, 3.05) is 5.32 Å². The third-order valence-corrected chi connectivity index (χ3v) is 5.28. The normalized spacial score (nSPS) is 12.1. The molecule has 3 rings (SSSR count). The van der Waals surface area contributed by atoms with E-state index in [1.807, 2.05) is 0 Å². The molecule has 3 aromatic rings. The predicted molar refractivity (Wildman–Crippen MR) is 104 cm³/mol. The van der Waals surface area contributed by atoms with Crippen LogP contribution in [0.3, 0.4) is 0 Å². The van der Waals surface area contributed by atoms with Gasteiger partial charge in [-0.05, 0) is 35.9 Å². The summed E-state index contributed by atoms with van der Waals surface area (Å²) in [6, 6.07) is 9.86. The van der Waals surface area contributed by atoms with Crippen LogP contribution < -0.4 is 10.5 Å². The average molecular weight is 456 g/mol. The number of nitrogens with one attached hydrogen (secondary N) is 1. The highest BCUT2D eigenvalue weighted by Crippen LogP contribution is 2.34. The molecule has 0 spiro atoms. The molecule has 1 heterocycles. The molecule has 0 aliphatic carbocycles. The zero-order valence-electron chi connectivity index (χ0n) is 15.9. The SMILES string of the molecule is Cn1nc(C(F)(F)F)cc1-c1ccc(NC(=O)Cc2ccccc2F)cc1S(N)(=O)=O. The van der Waals surface area contributed by atoms with E-state index in [9.17, 15) is 30.8 Å². The van der Waals surface area contributed by atoms with Gasteiger partial charge in [-0.3, -0.25) is 9.48 Å². The van der Waals surface area contributed by atoms with Gasteiger partial charge in [0.1, 0.15) is 5.82 Å². The van der Waals surface area contributed by atoms with E-state index in [1.165, 1.54) is 37.4 Å². The standard InChI is InChI=1S/C19H16F4N4O3S/c1-27-15(10-17(26-27)19(21,22)23)13-7-6-12(9-16(13)31(24,29)30)25-18(28)8-11-4-2-3-5-14(11)20/h2-7,9-10H,8H2,1H3,(H,25,28)(H2,24,29,30). The summed E-state index contributed by atoms with van der Waals surface area (Å²) in [5.74, 6) is -1.20. The van der Waals surface area contributed by atoms with Crippen LogP contribution in [-0.2, 0) is 34.5 Å². The number of halogens is 4. The zero-order chi connectivity index (χ0) is 23.0. The Morgan fingerprint density at radius 3 is 2.42 bits per heavy atom. The molecule has 0 radical (unpaired) electrons. The maximum atomic E-state index is 13.7. The monoisotopic (exact) mass is 456 g/mol. The number of nitrogens with two attached hydrogens (primary N) is 1. The molecule has 0 saturated carbocycles. The lowest BCUT2D eigenvalue weighted by Gasteiger charge is -2.12. The summed E-state index contributed by atoms with van der Waals surface area (Å²) in [6.07, 6.45) is -5.03. The number of sulfonamides is 1. The van der Waals surface area contributed by atoms with Gasteiger partial charge < -0.3 is 5.32 Å². The largest absolute Gasteiger partial charge is 0.435 e. The highest BCUT2D eigenvalue weighted by atomic mass is 32.2. The van der Waals surface area contributed by atoms with E-state index in [0.29, 0.717) is 6.07 Å². The molecule has 2 aromatic carbocycles. The van der Waals surface area contributed by atoms with E-state index < -0.39 is 38.5 Å². The van der Waals surface area contributed by atoms with E-state index in [2.05, 4.69) is 10.4 Å². The van der Waals surface area contributed by atoms with Crippen LogP contribution in [0.1, 0.15) is 11.3 Å². The van der Waals surface area contributed by atoms with Crippen molar-refractivity contribution >= 4 is 21.6 Å². The van der Waals surface area contributed by atoms with E-state index >= 15 is 0 Å². The van der Waals surface area contributed by atoms with Crippen LogP contribution in [0.4, 0.5) is 23.2 Å². The molecule has 164 valence electrons. The smallest absolute Gasteiger partial charge is 0.326 e. The third kappa shape index (κ3) is 5.09. The number of hydrogen-bond acceptors (Lipinski definition) is 4. The fourth-order valence-corrected chi connectivity index (χ4v) is 3.70. The van der Waals surface area contributed by atoms with E-state index in [1.54, 1.807) is 6.07 Å². The number of alkyl halides is 3. The highest BCUT2D eigenvalue weighted by Gasteiger charge is 2.35. The van der Waals surface area contributed by atoms with Gasteiger partial charge in [0.25, 0.3) is 0 Å². The van der Waals surface area contributed by atoms with Crippen LogP contribution in [0.5, 0.6) is 0 Å². The number of aryl methyl sites for hydroxylation is 1. The van der Waals surface area contributed by atoms with Crippen molar-refractivity contribution in [1.29, 1.82) is 0 Å². The number of nitrogens with zero attached hydrogens (tertiary/aromatic N) is 2. The molecular formula is C19H16F4N4O3S. The second-order valence-corrected chi connectivity index (χ2v) is 8.14. The molecule has 0 aliphatic heterocycles. The molecule has 0 bridgehead atoms. The lowest BCUT2D eigenvalue weighted by atomic mass is 10.1. The number of primary sulfonamides is 1. The fraction of sp³-hybridized carbons (Fsp3) is 0.158. The van der Waals surface area contributed by atoms with Gasteiger partial charge in [0.05, 0.1) is 17.0 Å². The number of anilines is 1. The van der Waals surface area contributed by atoms with Gasteiger partial charge in [-0.2, -0.15) is 18.3 Å². The first-order chi connectivity index (χ1) is 14.4. The van der Waals surface area contributed by atoms with Crippen molar-refractivity contribution < 1.29 is 30.8 Å². The van der Waals surface area contributed by atoms with Gasteiger partial charge in [0.15, 0.2) is 5.69 Å². The van der Waals surface area contributed by atoms with Gasteiger partial charge in [-0.25, -0.2) is 17.9 Å². The van der Waals surface area contributed by atoms with Crippen molar-refractivity contribution in [1.82, 2.24) is 9.78 Å². The number of carbonyl (C=O) groups excluding carboxylic acids is 1. The summed E-state index contributed by atoms with van der Waals surface area (Å²) in [5.41, 5.74) is -1.31. The summed E-state index contributed by atoms with van der Waals surface area (Å²) in [7, 11) is -3.16. The molecule has 1 aromatic heterocycles. The summed E-state index contributed by atoms with van der Waals surface area (Å²) < 4.78 is 77.6.